The Hall–Kier alpha value is -1.55. The molecule has 0 bridgehead atoms. The molecule has 3 N–H and O–H groups in total. The van der Waals surface area contributed by atoms with E-state index >= 15 is 0 Å². The van der Waals surface area contributed by atoms with Gasteiger partial charge in [0.2, 0.25) is 5.91 Å². The molecule has 1 fully saturated rings. The molecule has 0 radical (unpaired) electrons. The smallest absolute Gasteiger partial charge is 0.220 e. The number of carbonyl (C=O) groups is 1. The second-order valence-electron chi connectivity index (χ2n) is 5.82. The van der Waals surface area contributed by atoms with Crippen LogP contribution in [0.3, 0.4) is 0 Å². The highest BCUT2D eigenvalue weighted by Gasteiger charge is 2.26. The van der Waals surface area contributed by atoms with Crippen LogP contribution >= 0.6 is 0 Å². The van der Waals surface area contributed by atoms with Gasteiger partial charge in [-0.25, -0.2) is 0 Å². The zero-order valence-electron chi connectivity index (χ0n) is 12.8. The molecule has 1 aromatic rings. The standard InChI is InChI=1S/C17H26N2O2/c1-13-6-2-3-9-16(13)21-11-5-10-17(20)19-15-8-4-7-14(15)12-18/h2-3,6,9,14-15H,4-5,7-8,10-12,18H2,1H3,(H,19,20). The summed E-state index contributed by atoms with van der Waals surface area (Å²) in [6.45, 7) is 3.26. The summed E-state index contributed by atoms with van der Waals surface area (Å²) in [6, 6.07) is 8.21. The van der Waals surface area contributed by atoms with Gasteiger partial charge in [0.05, 0.1) is 6.61 Å². The molecule has 1 saturated carbocycles. The number of aryl methyl sites for hydroxylation is 1. The summed E-state index contributed by atoms with van der Waals surface area (Å²) in [7, 11) is 0. The molecule has 0 spiro atoms. The molecule has 1 amide bonds. The van der Waals surface area contributed by atoms with E-state index in [4.69, 9.17) is 10.5 Å². The third-order valence-corrected chi connectivity index (χ3v) is 4.21. The minimum atomic E-state index is 0.119. The first-order valence-corrected chi connectivity index (χ1v) is 7.88. The van der Waals surface area contributed by atoms with Gasteiger partial charge in [-0.15, -0.1) is 0 Å². The van der Waals surface area contributed by atoms with Crippen molar-refractivity contribution in [1.29, 1.82) is 0 Å². The van der Waals surface area contributed by atoms with Gasteiger partial charge in [0, 0.05) is 12.5 Å². The Labute approximate surface area is 127 Å². The molecule has 1 aliphatic carbocycles. The van der Waals surface area contributed by atoms with Crippen LogP contribution in [0.25, 0.3) is 0 Å². The molecular formula is C17H26N2O2. The van der Waals surface area contributed by atoms with Crippen LogP contribution in [-0.2, 0) is 4.79 Å². The van der Waals surface area contributed by atoms with E-state index in [2.05, 4.69) is 5.32 Å². The maximum atomic E-state index is 11.9. The van der Waals surface area contributed by atoms with Crippen molar-refractivity contribution >= 4 is 5.91 Å². The molecule has 4 nitrogen and oxygen atoms in total. The van der Waals surface area contributed by atoms with Gasteiger partial charge in [-0.1, -0.05) is 24.6 Å². The summed E-state index contributed by atoms with van der Waals surface area (Å²) in [5, 5.41) is 3.12. The van der Waals surface area contributed by atoms with Crippen molar-refractivity contribution in [3.05, 3.63) is 29.8 Å². The molecular weight excluding hydrogens is 264 g/mol. The molecule has 4 heteroatoms. The summed E-state index contributed by atoms with van der Waals surface area (Å²) in [5.41, 5.74) is 6.85. The SMILES string of the molecule is Cc1ccccc1OCCCC(=O)NC1CCCC1CN. The van der Waals surface area contributed by atoms with Crippen LogP contribution in [0, 0.1) is 12.8 Å². The number of para-hydroxylation sites is 1. The average molecular weight is 290 g/mol. The Morgan fingerprint density at radius 2 is 2.19 bits per heavy atom. The number of hydrogen-bond acceptors (Lipinski definition) is 3. The van der Waals surface area contributed by atoms with Gasteiger partial charge >= 0.3 is 0 Å². The average Bonchev–Trinajstić information content (AvgIpc) is 2.92. The fourth-order valence-corrected chi connectivity index (χ4v) is 2.92. The van der Waals surface area contributed by atoms with Crippen molar-refractivity contribution < 1.29 is 9.53 Å². The van der Waals surface area contributed by atoms with E-state index in [1.54, 1.807) is 0 Å². The predicted octanol–water partition coefficient (Wildman–Crippen LogP) is 2.40. The second-order valence-corrected chi connectivity index (χ2v) is 5.82. The second kappa shape index (κ2) is 8.03. The summed E-state index contributed by atoms with van der Waals surface area (Å²) in [6.07, 6.45) is 4.62. The number of nitrogens with two attached hydrogens (primary N) is 1. The molecule has 0 aliphatic heterocycles. The highest BCUT2D eigenvalue weighted by atomic mass is 16.5. The van der Waals surface area contributed by atoms with Gasteiger partial charge in [-0.3, -0.25) is 4.79 Å². The Balaban J connectivity index is 1.64. The van der Waals surface area contributed by atoms with Gasteiger partial charge in [0.1, 0.15) is 5.75 Å². The molecule has 1 aromatic carbocycles. The van der Waals surface area contributed by atoms with E-state index < -0.39 is 0 Å². The topological polar surface area (TPSA) is 64.3 Å². The number of amides is 1. The van der Waals surface area contributed by atoms with Crippen molar-refractivity contribution in [2.75, 3.05) is 13.2 Å². The molecule has 2 unspecified atom stereocenters. The molecule has 116 valence electrons. The summed E-state index contributed by atoms with van der Waals surface area (Å²) in [5.74, 6) is 1.47. The van der Waals surface area contributed by atoms with Crippen LogP contribution in [0.1, 0.15) is 37.7 Å². The lowest BCUT2D eigenvalue weighted by Gasteiger charge is -2.19. The minimum Gasteiger partial charge on any atom is -0.493 e. The lowest BCUT2D eigenvalue weighted by Crippen LogP contribution is -2.39. The summed E-state index contributed by atoms with van der Waals surface area (Å²) < 4.78 is 5.70. The molecule has 0 aromatic heterocycles. The fourth-order valence-electron chi connectivity index (χ4n) is 2.92. The van der Waals surface area contributed by atoms with Gasteiger partial charge in [-0.2, -0.15) is 0 Å². The van der Waals surface area contributed by atoms with Crippen molar-refractivity contribution in [1.82, 2.24) is 5.32 Å². The number of hydrogen-bond donors (Lipinski definition) is 2. The maximum absolute atomic E-state index is 11.9. The van der Waals surface area contributed by atoms with Crippen LogP contribution in [0.4, 0.5) is 0 Å². The van der Waals surface area contributed by atoms with Crippen LogP contribution in [0.15, 0.2) is 24.3 Å². The molecule has 2 rings (SSSR count). The Kier molecular flexibility index (Phi) is 6.05. The lowest BCUT2D eigenvalue weighted by molar-refractivity contribution is -0.122. The summed E-state index contributed by atoms with van der Waals surface area (Å²) in [4.78, 5) is 11.9. The van der Waals surface area contributed by atoms with Crippen LogP contribution in [0.2, 0.25) is 0 Å². The highest BCUT2D eigenvalue weighted by molar-refractivity contribution is 5.76. The van der Waals surface area contributed by atoms with Crippen LogP contribution in [0.5, 0.6) is 5.75 Å². The number of carbonyl (C=O) groups excluding carboxylic acids is 1. The van der Waals surface area contributed by atoms with E-state index in [0.29, 0.717) is 25.5 Å². The highest BCUT2D eigenvalue weighted by Crippen LogP contribution is 2.24. The fraction of sp³-hybridized carbons (Fsp3) is 0.588. The van der Waals surface area contributed by atoms with Gasteiger partial charge in [0.25, 0.3) is 0 Å². The Morgan fingerprint density at radius 3 is 2.95 bits per heavy atom. The number of rotatable bonds is 7. The summed E-state index contributed by atoms with van der Waals surface area (Å²) >= 11 is 0. The molecule has 2 atom stereocenters. The van der Waals surface area contributed by atoms with E-state index in [1.165, 1.54) is 6.42 Å². The lowest BCUT2D eigenvalue weighted by atomic mass is 10.0. The number of ether oxygens (including phenoxy) is 1. The van der Waals surface area contributed by atoms with E-state index in [0.717, 1.165) is 30.6 Å². The quantitative estimate of drug-likeness (QED) is 0.758. The normalized spacial score (nSPS) is 21.2. The zero-order valence-corrected chi connectivity index (χ0v) is 12.8. The van der Waals surface area contributed by atoms with E-state index in [1.807, 2.05) is 31.2 Å². The predicted molar refractivity (Wildman–Crippen MR) is 84.2 cm³/mol. The minimum absolute atomic E-state index is 0.119. The Bertz CT molecular complexity index is 462. The zero-order chi connectivity index (χ0) is 15.1. The van der Waals surface area contributed by atoms with Crippen LogP contribution < -0.4 is 15.8 Å². The van der Waals surface area contributed by atoms with E-state index in [-0.39, 0.29) is 11.9 Å². The van der Waals surface area contributed by atoms with E-state index in [9.17, 15) is 4.79 Å². The monoisotopic (exact) mass is 290 g/mol. The maximum Gasteiger partial charge on any atom is 0.220 e. The van der Waals surface area contributed by atoms with Crippen molar-refractivity contribution in [3.63, 3.8) is 0 Å². The van der Waals surface area contributed by atoms with Crippen molar-refractivity contribution in [3.8, 4) is 5.75 Å². The van der Waals surface area contributed by atoms with Gasteiger partial charge in [-0.05, 0) is 50.3 Å². The molecule has 1 aliphatic rings. The molecule has 0 saturated heterocycles. The van der Waals surface area contributed by atoms with Crippen LogP contribution in [-0.4, -0.2) is 25.1 Å². The van der Waals surface area contributed by atoms with Crippen molar-refractivity contribution in [2.45, 2.75) is 45.1 Å². The third kappa shape index (κ3) is 4.74. The van der Waals surface area contributed by atoms with Gasteiger partial charge < -0.3 is 15.8 Å². The molecule has 21 heavy (non-hydrogen) atoms. The first-order valence-electron chi connectivity index (χ1n) is 7.88. The molecule has 0 heterocycles. The number of nitrogens with one attached hydrogen (secondary N) is 1. The largest absolute Gasteiger partial charge is 0.493 e. The first-order chi connectivity index (χ1) is 10.2. The number of benzene rings is 1. The van der Waals surface area contributed by atoms with Crippen molar-refractivity contribution in [2.24, 2.45) is 11.7 Å². The Morgan fingerprint density at radius 1 is 1.38 bits per heavy atom. The first kappa shape index (κ1) is 15.8. The third-order valence-electron chi connectivity index (χ3n) is 4.21. The van der Waals surface area contributed by atoms with Gasteiger partial charge in [0.15, 0.2) is 0 Å².